The van der Waals surface area contributed by atoms with E-state index in [0.717, 1.165) is 82.3 Å². The Labute approximate surface area is 300 Å². The lowest BCUT2D eigenvalue weighted by molar-refractivity contribution is -0.225. The number of piperazine rings is 1. The Balaban J connectivity index is 1.18. The zero-order chi connectivity index (χ0) is 36.1. The fraction of sp³-hybridized carbons (Fsp3) is 0.744. The monoisotopic (exact) mass is 686 g/mol. The molecule has 0 aromatic heterocycles. The normalized spacial score (nSPS) is 42.3. The molecule has 50 heavy (non-hydrogen) atoms. The van der Waals surface area contributed by atoms with E-state index >= 15 is 0 Å². The minimum atomic E-state index is -0.464. The van der Waals surface area contributed by atoms with E-state index in [1.54, 1.807) is 7.11 Å². The smallest absolute Gasteiger partial charge is 0.302 e. The molecule has 274 valence electrons. The van der Waals surface area contributed by atoms with E-state index in [0.29, 0.717) is 19.0 Å². The molecule has 4 saturated carbocycles. The Hall–Kier alpha value is -2.83. The third-order valence-electron chi connectivity index (χ3n) is 16.3. The first kappa shape index (κ1) is 35.6. The van der Waals surface area contributed by atoms with Gasteiger partial charge in [-0.1, -0.05) is 66.2 Å². The third-order valence-corrected chi connectivity index (χ3v) is 16.3. The Morgan fingerprint density at radius 3 is 2.20 bits per heavy atom. The van der Waals surface area contributed by atoms with E-state index in [1.807, 2.05) is 18.2 Å². The van der Waals surface area contributed by atoms with Gasteiger partial charge in [0.1, 0.15) is 11.9 Å². The molecule has 7 nitrogen and oxygen atoms in total. The van der Waals surface area contributed by atoms with Crippen molar-refractivity contribution in [3.63, 3.8) is 0 Å². The summed E-state index contributed by atoms with van der Waals surface area (Å²) in [6, 6.07) is 8.13. The van der Waals surface area contributed by atoms with E-state index in [9.17, 15) is 14.4 Å². The molecular formula is C43H62N2O5. The number of anilines is 1. The lowest BCUT2D eigenvalue weighted by Crippen LogP contribution is -2.68. The summed E-state index contributed by atoms with van der Waals surface area (Å²) < 4.78 is 11.8. The van der Waals surface area contributed by atoms with E-state index in [2.05, 4.69) is 70.4 Å². The van der Waals surface area contributed by atoms with Crippen molar-refractivity contribution in [2.24, 2.45) is 50.2 Å². The van der Waals surface area contributed by atoms with E-state index in [4.69, 9.17) is 9.47 Å². The van der Waals surface area contributed by atoms with Crippen molar-refractivity contribution in [1.82, 2.24) is 4.90 Å². The molecule has 7 heteroatoms. The molecule has 4 unspecified atom stereocenters. The quantitative estimate of drug-likeness (QED) is 0.297. The maximum absolute atomic E-state index is 14.9. The van der Waals surface area contributed by atoms with Gasteiger partial charge in [-0.25, -0.2) is 0 Å². The second-order valence-electron chi connectivity index (χ2n) is 19.2. The maximum Gasteiger partial charge on any atom is 0.302 e. The van der Waals surface area contributed by atoms with Crippen LogP contribution < -0.4 is 9.64 Å². The van der Waals surface area contributed by atoms with Crippen LogP contribution in [0.2, 0.25) is 0 Å². The summed E-state index contributed by atoms with van der Waals surface area (Å²) >= 11 is 0. The molecule has 1 amide bonds. The van der Waals surface area contributed by atoms with Gasteiger partial charge in [0.25, 0.3) is 0 Å². The fourth-order valence-corrected chi connectivity index (χ4v) is 13.1. The lowest BCUT2D eigenvalue weighted by atomic mass is 9.33. The SMILES string of the molecule is COc1ccccc1N1CCN(C(=O)C2(C)CC[C@]3(C)CC[C@]4(C)C(=CC(=O)C5[C@@]6(C)C(OC(C)=O)CCC(C)(C)C6CC[C@]54C)[C@@H]3C2)CC1. The molecule has 0 radical (unpaired) electrons. The number of carbonyl (C=O) groups excluding carboxylic acids is 3. The van der Waals surface area contributed by atoms with Crippen molar-refractivity contribution < 1.29 is 23.9 Å². The van der Waals surface area contributed by atoms with Crippen molar-refractivity contribution in [2.75, 3.05) is 38.2 Å². The predicted octanol–water partition coefficient (Wildman–Crippen LogP) is 8.26. The first-order valence-electron chi connectivity index (χ1n) is 19.5. The van der Waals surface area contributed by atoms with Crippen LogP contribution in [0.25, 0.3) is 0 Å². The number of methoxy groups -OCH3 is 1. The fourth-order valence-electron chi connectivity index (χ4n) is 13.1. The molecule has 0 spiro atoms. The summed E-state index contributed by atoms with van der Waals surface area (Å²) in [5.74, 6) is 1.44. The molecule has 5 aliphatic carbocycles. The maximum atomic E-state index is 14.9. The molecule has 5 fully saturated rings. The number of benzene rings is 1. The lowest BCUT2D eigenvalue weighted by Gasteiger charge is -2.71. The van der Waals surface area contributed by atoms with Crippen LogP contribution in [0, 0.1) is 50.2 Å². The van der Waals surface area contributed by atoms with Gasteiger partial charge >= 0.3 is 5.97 Å². The van der Waals surface area contributed by atoms with Crippen LogP contribution in [0.15, 0.2) is 35.9 Å². The average molecular weight is 687 g/mol. The van der Waals surface area contributed by atoms with Crippen LogP contribution in [0.4, 0.5) is 5.69 Å². The summed E-state index contributed by atoms with van der Waals surface area (Å²) in [4.78, 5) is 46.4. The summed E-state index contributed by atoms with van der Waals surface area (Å²) in [5.41, 5.74) is 1.25. The molecule has 1 aromatic carbocycles. The number of esters is 1. The minimum Gasteiger partial charge on any atom is -0.495 e. The highest BCUT2D eigenvalue weighted by Gasteiger charge is 2.72. The molecule has 1 aliphatic heterocycles. The number of allylic oxidation sites excluding steroid dienone is 2. The summed E-state index contributed by atoms with van der Waals surface area (Å²) in [6.07, 6.45) is 10.6. The zero-order valence-corrected chi connectivity index (χ0v) is 32.3. The third kappa shape index (κ3) is 5.04. The van der Waals surface area contributed by atoms with Gasteiger partial charge in [-0.15, -0.1) is 0 Å². The molecule has 9 atom stereocenters. The molecule has 7 rings (SSSR count). The number of nitrogens with zero attached hydrogens (tertiary/aromatic N) is 2. The van der Waals surface area contributed by atoms with Crippen molar-refractivity contribution in [2.45, 2.75) is 119 Å². The highest BCUT2D eigenvalue weighted by molar-refractivity contribution is 5.96. The molecule has 1 aromatic rings. The Morgan fingerprint density at radius 2 is 1.52 bits per heavy atom. The standard InChI is InChI=1S/C43H62N2O5/c1-28(46)50-35-15-16-38(2,3)34-14-17-42(7)36(43(34,35)8)32(47)26-29-30-27-40(5,19-18-39(30,4)20-21-41(29,42)6)37(48)45-24-22-44(23-25-45)31-12-10-11-13-33(31)49-9/h10-13,26,30,34-36H,14-25,27H2,1-9H3/t30-,34?,35?,36?,39+,40?,41+,42+,43+/m0/s1. The Kier molecular flexibility index (Phi) is 8.43. The van der Waals surface area contributed by atoms with Crippen molar-refractivity contribution in [1.29, 1.82) is 0 Å². The molecule has 0 bridgehead atoms. The number of hydrogen-bond donors (Lipinski definition) is 0. The van der Waals surface area contributed by atoms with Crippen LogP contribution in [0.3, 0.4) is 0 Å². The van der Waals surface area contributed by atoms with Crippen LogP contribution in [0.1, 0.15) is 113 Å². The number of ether oxygens (including phenoxy) is 2. The second-order valence-corrected chi connectivity index (χ2v) is 19.2. The highest BCUT2D eigenvalue weighted by Crippen LogP contribution is 2.75. The van der Waals surface area contributed by atoms with Crippen molar-refractivity contribution in [3.05, 3.63) is 35.9 Å². The van der Waals surface area contributed by atoms with Crippen molar-refractivity contribution >= 4 is 23.3 Å². The van der Waals surface area contributed by atoms with E-state index in [1.165, 1.54) is 12.5 Å². The van der Waals surface area contributed by atoms with Crippen LogP contribution in [-0.4, -0.2) is 62.0 Å². The van der Waals surface area contributed by atoms with Gasteiger partial charge in [-0.05, 0) is 109 Å². The first-order valence-corrected chi connectivity index (χ1v) is 19.5. The topological polar surface area (TPSA) is 76.2 Å². The number of fused-ring (bicyclic) bond motifs is 7. The Morgan fingerprint density at radius 1 is 0.840 bits per heavy atom. The van der Waals surface area contributed by atoms with Crippen LogP contribution >= 0.6 is 0 Å². The van der Waals surface area contributed by atoms with Gasteiger partial charge in [-0.3, -0.25) is 14.4 Å². The molecule has 1 saturated heterocycles. The van der Waals surface area contributed by atoms with E-state index in [-0.39, 0.29) is 57.3 Å². The van der Waals surface area contributed by atoms with Gasteiger partial charge in [-0.2, -0.15) is 0 Å². The average Bonchev–Trinajstić information content (AvgIpc) is 3.07. The largest absolute Gasteiger partial charge is 0.495 e. The summed E-state index contributed by atoms with van der Waals surface area (Å²) in [6.45, 7) is 21.0. The number of rotatable bonds is 4. The van der Waals surface area contributed by atoms with Crippen LogP contribution in [0.5, 0.6) is 5.75 Å². The predicted molar refractivity (Wildman–Crippen MR) is 197 cm³/mol. The number of para-hydroxylation sites is 2. The highest BCUT2D eigenvalue weighted by atomic mass is 16.5. The van der Waals surface area contributed by atoms with Gasteiger partial charge in [0, 0.05) is 49.9 Å². The molecular weight excluding hydrogens is 624 g/mol. The number of carbonyl (C=O) groups is 3. The Bertz CT molecular complexity index is 1590. The van der Waals surface area contributed by atoms with Crippen molar-refractivity contribution in [3.8, 4) is 5.75 Å². The number of ketones is 1. The molecule has 0 N–H and O–H groups in total. The zero-order valence-electron chi connectivity index (χ0n) is 32.3. The first-order chi connectivity index (χ1) is 23.4. The molecule has 6 aliphatic rings. The number of amides is 1. The molecule has 1 heterocycles. The second kappa shape index (κ2) is 11.8. The summed E-state index contributed by atoms with van der Waals surface area (Å²) in [7, 11) is 1.71. The van der Waals surface area contributed by atoms with Gasteiger partial charge < -0.3 is 19.3 Å². The van der Waals surface area contributed by atoms with Gasteiger partial charge in [0.15, 0.2) is 5.78 Å². The van der Waals surface area contributed by atoms with Crippen LogP contribution in [-0.2, 0) is 19.1 Å². The summed E-state index contributed by atoms with van der Waals surface area (Å²) in [5, 5.41) is 0. The minimum absolute atomic E-state index is 0.0748. The van der Waals surface area contributed by atoms with E-state index < -0.39 is 10.8 Å². The number of hydrogen-bond acceptors (Lipinski definition) is 6. The van der Waals surface area contributed by atoms with Gasteiger partial charge in [0.2, 0.25) is 5.91 Å². The van der Waals surface area contributed by atoms with Gasteiger partial charge in [0.05, 0.1) is 12.8 Å².